The monoisotopic (exact) mass is 288 g/mol. The van der Waals surface area contributed by atoms with Crippen LogP contribution >= 0.6 is 0 Å². The molecule has 0 spiro atoms. The maximum absolute atomic E-state index is 12.5. The average Bonchev–Trinajstić information content (AvgIpc) is 3.08. The zero-order valence-corrected chi connectivity index (χ0v) is 13.1. The molecule has 0 radical (unpaired) electrons. The lowest BCUT2D eigenvalue weighted by Crippen LogP contribution is -2.46. The zero-order valence-electron chi connectivity index (χ0n) is 13.1. The summed E-state index contributed by atoms with van der Waals surface area (Å²) >= 11 is 0. The summed E-state index contributed by atoms with van der Waals surface area (Å²) in [6.45, 7) is 7.06. The molecule has 3 aliphatic carbocycles. The van der Waals surface area contributed by atoms with Crippen molar-refractivity contribution in [2.75, 3.05) is 0 Å². The van der Waals surface area contributed by atoms with Crippen LogP contribution in [0.5, 0.6) is 0 Å². The molecule has 0 aliphatic heterocycles. The molecule has 0 saturated heterocycles. The molecule has 114 valence electrons. The fraction of sp³-hybridized carbons (Fsp3) is 0.765. The molecule has 4 heteroatoms. The van der Waals surface area contributed by atoms with E-state index in [9.17, 15) is 4.79 Å². The van der Waals surface area contributed by atoms with E-state index in [4.69, 9.17) is 4.52 Å². The highest BCUT2D eigenvalue weighted by atomic mass is 16.5. The molecule has 1 aromatic rings. The van der Waals surface area contributed by atoms with E-state index in [1.165, 1.54) is 12.8 Å². The molecular formula is C17H24N2O2. The fourth-order valence-electron chi connectivity index (χ4n) is 4.61. The minimum absolute atomic E-state index is 0.0692. The van der Waals surface area contributed by atoms with Gasteiger partial charge in [-0.25, -0.2) is 0 Å². The Labute approximate surface area is 125 Å². The van der Waals surface area contributed by atoms with Crippen molar-refractivity contribution in [2.24, 2.45) is 16.7 Å². The number of nitrogens with zero attached hydrogens (tertiary/aromatic N) is 1. The Bertz CT molecular complexity index is 587. The Morgan fingerprint density at radius 1 is 1.33 bits per heavy atom. The number of fused-ring (bicyclic) bond motifs is 2. The summed E-state index contributed by atoms with van der Waals surface area (Å²) in [6, 6.07) is 2.09. The number of hydrogen-bond donors (Lipinski definition) is 1. The molecule has 21 heavy (non-hydrogen) atoms. The van der Waals surface area contributed by atoms with Crippen LogP contribution in [0.2, 0.25) is 0 Å². The highest BCUT2D eigenvalue weighted by Crippen LogP contribution is 2.65. The number of aromatic nitrogens is 1. The zero-order chi connectivity index (χ0) is 14.8. The number of amides is 1. The molecule has 1 aromatic heterocycles. The Morgan fingerprint density at radius 2 is 2.10 bits per heavy atom. The van der Waals surface area contributed by atoms with Crippen molar-refractivity contribution in [2.45, 2.75) is 64.8 Å². The Balaban J connectivity index is 1.50. The largest absolute Gasteiger partial charge is 0.360 e. The first-order chi connectivity index (χ1) is 9.92. The van der Waals surface area contributed by atoms with Crippen molar-refractivity contribution < 1.29 is 9.32 Å². The molecule has 0 aromatic carbocycles. The maximum Gasteiger partial charge on any atom is 0.273 e. The summed E-state index contributed by atoms with van der Waals surface area (Å²) in [5, 5.41) is 7.19. The van der Waals surface area contributed by atoms with Crippen molar-refractivity contribution in [1.29, 1.82) is 0 Å². The highest BCUT2D eigenvalue weighted by Gasteiger charge is 2.61. The van der Waals surface area contributed by atoms with E-state index in [0.717, 1.165) is 30.9 Å². The normalized spacial score (nSPS) is 36.9. The first-order valence-corrected chi connectivity index (χ1v) is 8.19. The minimum atomic E-state index is -0.0692. The summed E-state index contributed by atoms with van der Waals surface area (Å²) in [6.07, 6.45) is 5.93. The number of hydrogen-bond acceptors (Lipinski definition) is 3. The lowest BCUT2D eigenvalue weighted by Gasteiger charge is -2.39. The van der Waals surface area contributed by atoms with Crippen molar-refractivity contribution in [3.8, 4) is 0 Å². The number of rotatable bonds is 3. The van der Waals surface area contributed by atoms with Crippen LogP contribution < -0.4 is 5.32 Å². The quantitative estimate of drug-likeness (QED) is 0.926. The maximum atomic E-state index is 12.5. The molecule has 1 N–H and O–H groups in total. The molecule has 2 bridgehead atoms. The van der Waals surface area contributed by atoms with Gasteiger partial charge < -0.3 is 9.84 Å². The molecule has 4 nitrogen and oxygen atoms in total. The number of carbonyl (C=O) groups excluding carboxylic acids is 1. The van der Waals surface area contributed by atoms with Crippen LogP contribution in [0, 0.1) is 16.7 Å². The van der Waals surface area contributed by atoms with Gasteiger partial charge >= 0.3 is 0 Å². The summed E-state index contributed by atoms with van der Waals surface area (Å²) in [7, 11) is 0. The van der Waals surface area contributed by atoms with Crippen molar-refractivity contribution in [3.63, 3.8) is 0 Å². The van der Waals surface area contributed by atoms with Crippen molar-refractivity contribution in [3.05, 3.63) is 17.5 Å². The second-order valence-electron chi connectivity index (χ2n) is 8.03. The van der Waals surface area contributed by atoms with E-state index in [1.807, 2.05) is 6.07 Å². The number of carbonyl (C=O) groups is 1. The molecule has 3 aliphatic rings. The van der Waals surface area contributed by atoms with Gasteiger partial charge in [0.05, 0.1) is 0 Å². The van der Waals surface area contributed by atoms with E-state index < -0.39 is 0 Å². The predicted molar refractivity (Wildman–Crippen MR) is 79.0 cm³/mol. The minimum Gasteiger partial charge on any atom is -0.360 e. The molecule has 1 heterocycles. The van der Waals surface area contributed by atoms with Crippen LogP contribution in [0.25, 0.3) is 0 Å². The van der Waals surface area contributed by atoms with Crippen molar-refractivity contribution in [1.82, 2.24) is 10.5 Å². The summed E-state index contributed by atoms with van der Waals surface area (Å²) in [5.74, 6) is 2.03. The average molecular weight is 288 g/mol. The first kappa shape index (κ1) is 13.4. The van der Waals surface area contributed by atoms with E-state index in [-0.39, 0.29) is 17.4 Å². The van der Waals surface area contributed by atoms with Crippen LogP contribution in [0.15, 0.2) is 10.6 Å². The van der Waals surface area contributed by atoms with Gasteiger partial charge in [-0.3, -0.25) is 4.79 Å². The molecule has 3 saturated carbocycles. The topological polar surface area (TPSA) is 55.1 Å². The third-order valence-corrected chi connectivity index (χ3v) is 6.84. The molecule has 3 atom stereocenters. The molecule has 4 rings (SSSR count). The van der Waals surface area contributed by atoms with Gasteiger partial charge in [-0.05, 0) is 48.9 Å². The standard InChI is InChI=1S/C17H24N2O2/c1-16(2)11-6-7-17(16,3)14(8-11)18-15(20)12-9-13(21-19-12)10-4-5-10/h9-11,14H,4-8H2,1-3H3,(H,18,20)/t11-,14-,17-/m0/s1. The molecule has 3 fully saturated rings. The van der Waals surface area contributed by atoms with Gasteiger partial charge in [0, 0.05) is 18.0 Å². The third kappa shape index (κ3) is 1.80. The lowest BCUT2D eigenvalue weighted by molar-refractivity contribution is 0.0818. The van der Waals surface area contributed by atoms with Gasteiger partial charge in [0.25, 0.3) is 5.91 Å². The number of nitrogens with one attached hydrogen (secondary N) is 1. The van der Waals surface area contributed by atoms with Gasteiger partial charge in [0.15, 0.2) is 5.69 Å². The van der Waals surface area contributed by atoms with Crippen LogP contribution in [0.4, 0.5) is 0 Å². The van der Waals surface area contributed by atoms with E-state index in [2.05, 4.69) is 31.2 Å². The first-order valence-electron chi connectivity index (χ1n) is 8.19. The van der Waals surface area contributed by atoms with Gasteiger partial charge in [-0.15, -0.1) is 0 Å². The van der Waals surface area contributed by atoms with Crippen LogP contribution in [0.1, 0.15) is 75.0 Å². The van der Waals surface area contributed by atoms with Gasteiger partial charge in [0.2, 0.25) is 0 Å². The highest BCUT2D eigenvalue weighted by molar-refractivity contribution is 5.92. The Kier molecular flexibility index (Phi) is 2.61. The second kappa shape index (κ2) is 4.11. The van der Waals surface area contributed by atoms with E-state index in [1.54, 1.807) is 0 Å². The van der Waals surface area contributed by atoms with Crippen LogP contribution in [-0.4, -0.2) is 17.1 Å². The summed E-state index contributed by atoms with van der Waals surface area (Å²) in [4.78, 5) is 12.5. The van der Waals surface area contributed by atoms with Gasteiger partial charge in [-0.1, -0.05) is 25.9 Å². The predicted octanol–water partition coefficient (Wildman–Crippen LogP) is 3.50. The second-order valence-corrected chi connectivity index (χ2v) is 8.03. The third-order valence-electron chi connectivity index (χ3n) is 6.84. The van der Waals surface area contributed by atoms with Crippen LogP contribution in [-0.2, 0) is 0 Å². The summed E-state index contributed by atoms with van der Waals surface area (Å²) < 4.78 is 5.29. The Hall–Kier alpha value is -1.32. The molecular weight excluding hydrogens is 264 g/mol. The van der Waals surface area contributed by atoms with E-state index >= 15 is 0 Å². The van der Waals surface area contributed by atoms with Gasteiger partial charge in [0.1, 0.15) is 5.76 Å². The van der Waals surface area contributed by atoms with E-state index in [0.29, 0.717) is 17.0 Å². The SMILES string of the molecule is CC1(C)[C@H]2CC[C@@]1(C)[C@@H](NC(=O)c1cc(C3CC3)on1)C2. The fourth-order valence-corrected chi connectivity index (χ4v) is 4.61. The van der Waals surface area contributed by atoms with Crippen molar-refractivity contribution >= 4 is 5.91 Å². The lowest BCUT2D eigenvalue weighted by atomic mass is 9.69. The van der Waals surface area contributed by atoms with Gasteiger partial charge in [-0.2, -0.15) is 0 Å². The summed E-state index contributed by atoms with van der Waals surface area (Å²) in [5.41, 5.74) is 0.964. The molecule has 1 amide bonds. The smallest absolute Gasteiger partial charge is 0.273 e. The Morgan fingerprint density at radius 3 is 2.67 bits per heavy atom. The van der Waals surface area contributed by atoms with Crippen LogP contribution in [0.3, 0.4) is 0 Å². The molecule has 0 unspecified atom stereocenters.